The zero-order valence-corrected chi connectivity index (χ0v) is 16.5. The van der Waals surface area contributed by atoms with E-state index in [1.165, 1.54) is 10.6 Å². The molecule has 146 valence electrons. The van der Waals surface area contributed by atoms with Crippen molar-refractivity contribution in [1.29, 1.82) is 0 Å². The van der Waals surface area contributed by atoms with E-state index < -0.39 is 36.0 Å². The van der Waals surface area contributed by atoms with Gasteiger partial charge in [0, 0.05) is 0 Å². The summed E-state index contributed by atoms with van der Waals surface area (Å²) in [6.07, 6.45) is 4.42. The number of benzene rings is 3. The molecule has 3 aromatic rings. The number of hydrogen-bond donors (Lipinski definition) is 0. The van der Waals surface area contributed by atoms with Crippen LogP contribution in [-0.4, -0.2) is 13.0 Å². The molecule has 0 radical (unpaired) electrons. The molecule has 7 heteroatoms. The van der Waals surface area contributed by atoms with Crippen molar-refractivity contribution in [3.8, 4) is 0 Å². The van der Waals surface area contributed by atoms with Crippen molar-refractivity contribution in [2.24, 2.45) is 0 Å². The first-order valence-electron chi connectivity index (χ1n) is 7.48. The van der Waals surface area contributed by atoms with Gasteiger partial charge in [-0.15, -0.1) is 6.07 Å². The van der Waals surface area contributed by atoms with Crippen LogP contribution in [0.25, 0.3) is 0 Å². The molecule has 0 amide bonds. The van der Waals surface area contributed by atoms with Crippen LogP contribution in [0.15, 0.2) is 60.7 Å². The second-order valence-electron chi connectivity index (χ2n) is 5.56. The predicted molar refractivity (Wildman–Crippen MR) is 97.2 cm³/mol. The first-order valence-corrected chi connectivity index (χ1v) is 9.90. The standard InChI is InChI=1S/C14H15P.C6F5.Ag/c1-15(2,13-9-5-3-6-10-13)14-11-7-4-8-12-14;7-2-1-3(8)5(10)6(11)4(2)9;/h3-12H,1H2,2H3;;/q;-1;+1. The third-order valence-corrected chi connectivity index (χ3v) is 6.52. The van der Waals surface area contributed by atoms with Gasteiger partial charge in [0.1, 0.15) is 0 Å². The fourth-order valence-electron chi connectivity index (χ4n) is 2.16. The fourth-order valence-corrected chi connectivity index (χ4v) is 4.12. The van der Waals surface area contributed by atoms with Crippen LogP contribution >= 0.6 is 6.89 Å². The van der Waals surface area contributed by atoms with E-state index in [1.54, 1.807) is 0 Å². The van der Waals surface area contributed by atoms with Gasteiger partial charge < -0.3 is 0 Å². The summed E-state index contributed by atoms with van der Waals surface area (Å²) < 4.78 is 59.9. The molecule has 3 rings (SSSR count). The SMILES string of the molecule is C=P(C)(c1ccccc1)c1ccccc1.Fc1[c-]c(F)c(F)c(F)c1F.[Ag+]. The van der Waals surface area contributed by atoms with E-state index >= 15 is 0 Å². The van der Waals surface area contributed by atoms with E-state index in [-0.39, 0.29) is 22.4 Å². The molecule has 0 saturated carbocycles. The Labute approximate surface area is 170 Å². The molecule has 0 atom stereocenters. The van der Waals surface area contributed by atoms with Gasteiger partial charge in [0.2, 0.25) is 0 Å². The summed E-state index contributed by atoms with van der Waals surface area (Å²) in [5.74, 6) is -10.0. The van der Waals surface area contributed by atoms with Gasteiger partial charge in [-0.25, -0.2) is 13.2 Å². The molecule has 0 nitrogen and oxygen atoms in total. The Kier molecular flexibility index (Phi) is 8.70. The van der Waals surface area contributed by atoms with Crippen LogP contribution < -0.4 is 10.6 Å². The molecule has 0 aromatic heterocycles. The minimum Gasteiger partial charge on any atom is -0.278 e. The maximum atomic E-state index is 12.0. The summed E-state index contributed by atoms with van der Waals surface area (Å²) in [7, 11) is 0. The number of rotatable bonds is 2. The van der Waals surface area contributed by atoms with E-state index in [0.717, 1.165) is 6.07 Å². The van der Waals surface area contributed by atoms with Crippen molar-refractivity contribution < 1.29 is 44.3 Å². The van der Waals surface area contributed by atoms with Crippen molar-refractivity contribution >= 4 is 23.8 Å². The molecule has 27 heavy (non-hydrogen) atoms. The first-order chi connectivity index (χ1) is 12.2. The van der Waals surface area contributed by atoms with E-state index in [9.17, 15) is 22.0 Å². The van der Waals surface area contributed by atoms with Crippen LogP contribution in [0.5, 0.6) is 0 Å². The van der Waals surface area contributed by atoms with Gasteiger partial charge in [-0.3, -0.25) is 8.78 Å². The van der Waals surface area contributed by atoms with Crippen LogP contribution in [0.2, 0.25) is 0 Å². The quantitative estimate of drug-likeness (QED) is 0.120. The molecule has 0 N–H and O–H groups in total. The van der Waals surface area contributed by atoms with E-state index in [2.05, 4.69) is 73.6 Å². The molecular formula is C20H15AgF5P. The topological polar surface area (TPSA) is 0 Å². The third kappa shape index (κ3) is 5.66. The van der Waals surface area contributed by atoms with Crippen molar-refractivity contribution in [3.05, 3.63) is 95.8 Å². The van der Waals surface area contributed by atoms with Crippen molar-refractivity contribution in [3.63, 3.8) is 0 Å². The minimum absolute atomic E-state index is 0. The van der Waals surface area contributed by atoms with Crippen LogP contribution in [0.4, 0.5) is 22.0 Å². The van der Waals surface area contributed by atoms with Gasteiger partial charge in [-0.05, 0) is 17.3 Å². The van der Waals surface area contributed by atoms with Gasteiger partial charge in [-0.2, -0.15) is 0 Å². The Morgan fingerprint density at radius 2 is 1.00 bits per heavy atom. The minimum atomic E-state index is -2.17. The van der Waals surface area contributed by atoms with E-state index in [4.69, 9.17) is 0 Å². The summed E-state index contributed by atoms with van der Waals surface area (Å²) in [6.45, 7) is 0.864. The zero-order valence-electron chi connectivity index (χ0n) is 14.1. The number of hydrogen-bond acceptors (Lipinski definition) is 0. The van der Waals surface area contributed by atoms with Gasteiger partial charge in [0.05, 0.1) is 29.1 Å². The normalized spacial score (nSPS) is 10.4. The molecule has 0 spiro atoms. The summed E-state index contributed by atoms with van der Waals surface area (Å²) in [5, 5.41) is 2.72. The summed E-state index contributed by atoms with van der Waals surface area (Å²) in [4.78, 5) is 0. The monoisotopic (exact) mass is 488 g/mol. The Morgan fingerprint density at radius 3 is 1.33 bits per heavy atom. The summed E-state index contributed by atoms with van der Waals surface area (Å²) in [5.41, 5.74) is 0. The van der Waals surface area contributed by atoms with Crippen LogP contribution in [0, 0.1) is 35.2 Å². The Morgan fingerprint density at radius 1 is 0.667 bits per heavy atom. The molecule has 0 aliphatic heterocycles. The second-order valence-corrected chi connectivity index (χ2v) is 8.97. The molecule has 0 aliphatic carbocycles. The zero-order chi connectivity index (χ0) is 19.3. The summed E-state index contributed by atoms with van der Waals surface area (Å²) >= 11 is 0. The summed E-state index contributed by atoms with van der Waals surface area (Å²) in [6, 6.07) is 22.2. The molecule has 0 fully saturated rings. The van der Waals surface area contributed by atoms with E-state index in [1.807, 2.05) is 0 Å². The molecular weight excluding hydrogens is 474 g/mol. The largest absolute Gasteiger partial charge is 1.00 e. The Hall–Kier alpha value is -1.65. The van der Waals surface area contributed by atoms with E-state index in [0.29, 0.717) is 0 Å². The fraction of sp³-hybridized carbons (Fsp3) is 0.0500. The predicted octanol–water partition coefficient (Wildman–Crippen LogP) is 4.90. The van der Waals surface area contributed by atoms with Crippen molar-refractivity contribution in [2.75, 3.05) is 6.66 Å². The Balaban J connectivity index is 0.000000273. The maximum Gasteiger partial charge on any atom is 1.00 e. The smallest absolute Gasteiger partial charge is 0.278 e. The third-order valence-electron chi connectivity index (χ3n) is 3.64. The Bertz CT molecular complexity index is 860. The van der Waals surface area contributed by atoms with Gasteiger partial charge >= 0.3 is 22.4 Å². The molecule has 3 aromatic carbocycles. The molecule has 0 aliphatic rings. The van der Waals surface area contributed by atoms with Gasteiger partial charge in [0.25, 0.3) is 0 Å². The average molecular weight is 489 g/mol. The molecule has 0 saturated heterocycles. The van der Waals surface area contributed by atoms with Crippen molar-refractivity contribution in [1.82, 2.24) is 0 Å². The van der Waals surface area contributed by atoms with Crippen LogP contribution in [0.3, 0.4) is 0 Å². The van der Waals surface area contributed by atoms with Crippen LogP contribution in [0.1, 0.15) is 0 Å². The number of halogens is 5. The van der Waals surface area contributed by atoms with Crippen LogP contribution in [-0.2, 0) is 22.4 Å². The second kappa shape index (κ2) is 10.0. The van der Waals surface area contributed by atoms with Gasteiger partial charge in [0.15, 0.2) is 0 Å². The average Bonchev–Trinajstić information content (AvgIpc) is 2.67. The molecule has 0 heterocycles. The van der Waals surface area contributed by atoms with Crippen molar-refractivity contribution in [2.45, 2.75) is 0 Å². The molecule has 0 bridgehead atoms. The first kappa shape index (κ1) is 23.4. The molecule has 0 unspecified atom stereocenters. The van der Waals surface area contributed by atoms with Gasteiger partial charge in [-0.1, -0.05) is 73.8 Å². The maximum absolute atomic E-state index is 12.0.